The third-order valence-electron chi connectivity index (χ3n) is 0.798. The standard InChI is InChI=1S/C5H6N2/c6-7-4-2-1-3-5-7/h1-4H,5H2. The Balaban J connectivity index is 2.49. The van der Waals surface area contributed by atoms with Gasteiger partial charge in [-0.15, -0.1) is 0 Å². The molecule has 0 unspecified atom stereocenters. The van der Waals surface area contributed by atoms with E-state index in [1.807, 2.05) is 12.2 Å². The van der Waals surface area contributed by atoms with E-state index in [4.69, 9.17) is 5.84 Å². The molecular formula is C5H6N2. The summed E-state index contributed by atoms with van der Waals surface area (Å²) in [6.07, 6.45) is 7.16. The largest absolute Gasteiger partial charge is 0.276 e. The zero-order valence-electron chi connectivity index (χ0n) is 3.91. The topological polar surface area (TPSA) is 25.5 Å². The molecule has 0 saturated heterocycles. The van der Waals surface area contributed by atoms with Crippen molar-refractivity contribution in [3.8, 4) is 0 Å². The Labute approximate surface area is 42.9 Å². The molecule has 0 spiro atoms. The van der Waals surface area contributed by atoms with Crippen molar-refractivity contribution < 1.29 is 0 Å². The molecule has 2 radical (unpaired) electrons. The lowest BCUT2D eigenvalue weighted by Crippen LogP contribution is -2.14. The summed E-state index contributed by atoms with van der Waals surface area (Å²) in [5, 5.41) is 1.12. The summed E-state index contributed by atoms with van der Waals surface area (Å²) in [7, 11) is 0. The van der Waals surface area contributed by atoms with Crippen molar-refractivity contribution in [2.75, 3.05) is 6.54 Å². The number of hydrogen-bond acceptors (Lipinski definition) is 1. The van der Waals surface area contributed by atoms with Gasteiger partial charge in [0.25, 0.3) is 0 Å². The quantitative estimate of drug-likeness (QED) is 0.425. The van der Waals surface area contributed by atoms with E-state index in [1.54, 1.807) is 12.3 Å². The number of hydrogen-bond donors (Lipinski definition) is 0. The molecule has 1 aliphatic rings. The van der Waals surface area contributed by atoms with Crippen LogP contribution in [0.15, 0.2) is 24.4 Å². The van der Waals surface area contributed by atoms with Crippen molar-refractivity contribution in [1.29, 1.82) is 0 Å². The zero-order valence-corrected chi connectivity index (χ0v) is 3.91. The second-order valence-electron chi connectivity index (χ2n) is 1.39. The first-order valence-electron chi connectivity index (χ1n) is 2.18. The highest BCUT2D eigenvalue weighted by atomic mass is 15.4. The van der Waals surface area contributed by atoms with Gasteiger partial charge in [0.2, 0.25) is 0 Å². The van der Waals surface area contributed by atoms with Crippen molar-refractivity contribution in [3.63, 3.8) is 0 Å². The predicted molar refractivity (Wildman–Crippen MR) is 27.1 cm³/mol. The smallest absolute Gasteiger partial charge is 0.0554 e. The average molecular weight is 94.1 g/mol. The maximum atomic E-state index is 8.60. The van der Waals surface area contributed by atoms with E-state index in [1.165, 1.54) is 0 Å². The molecule has 0 aliphatic carbocycles. The van der Waals surface area contributed by atoms with Crippen LogP contribution in [0.3, 0.4) is 0 Å². The molecule has 1 aliphatic heterocycles. The van der Waals surface area contributed by atoms with E-state index in [-0.39, 0.29) is 0 Å². The van der Waals surface area contributed by atoms with Gasteiger partial charge in [-0.1, -0.05) is 12.2 Å². The van der Waals surface area contributed by atoms with Crippen LogP contribution in [0.5, 0.6) is 0 Å². The molecule has 0 aromatic rings. The van der Waals surface area contributed by atoms with Gasteiger partial charge in [-0.3, -0.25) is 5.01 Å². The van der Waals surface area contributed by atoms with Crippen molar-refractivity contribution in [1.82, 2.24) is 10.9 Å². The molecule has 0 aromatic carbocycles. The SMILES string of the molecule is [N]N1C=CC=CC1. The van der Waals surface area contributed by atoms with Gasteiger partial charge in [0.15, 0.2) is 0 Å². The average Bonchev–Trinajstić information content (AvgIpc) is 1.69. The Morgan fingerprint density at radius 3 is 2.57 bits per heavy atom. The first-order valence-corrected chi connectivity index (χ1v) is 2.18. The number of rotatable bonds is 0. The Bertz CT molecular complexity index is 105. The highest BCUT2D eigenvalue weighted by Crippen LogP contribution is 1.90. The van der Waals surface area contributed by atoms with E-state index >= 15 is 0 Å². The molecule has 0 amide bonds. The van der Waals surface area contributed by atoms with Gasteiger partial charge in [-0.2, -0.15) is 0 Å². The molecule has 1 rings (SSSR count). The summed E-state index contributed by atoms with van der Waals surface area (Å²) in [6, 6.07) is 0. The van der Waals surface area contributed by atoms with E-state index in [9.17, 15) is 0 Å². The Kier molecular flexibility index (Phi) is 1.13. The lowest BCUT2D eigenvalue weighted by Gasteiger charge is -2.07. The third kappa shape index (κ3) is 1.05. The summed E-state index contributed by atoms with van der Waals surface area (Å²) in [4.78, 5) is 0. The van der Waals surface area contributed by atoms with Crippen LogP contribution in [0.25, 0.3) is 0 Å². The van der Waals surface area contributed by atoms with E-state index < -0.39 is 0 Å². The van der Waals surface area contributed by atoms with Gasteiger partial charge in [0, 0.05) is 6.20 Å². The summed E-state index contributed by atoms with van der Waals surface area (Å²) >= 11 is 0. The molecule has 1 heterocycles. The normalized spacial score (nSPS) is 18.1. The zero-order chi connectivity index (χ0) is 5.11. The minimum Gasteiger partial charge on any atom is -0.276 e. The van der Waals surface area contributed by atoms with Crippen LogP contribution in [-0.2, 0) is 0 Å². The van der Waals surface area contributed by atoms with Gasteiger partial charge in [0.1, 0.15) is 0 Å². The Morgan fingerprint density at radius 1 is 1.43 bits per heavy atom. The van der Waals surface area contributed by atoms with Crippen LogP contribution in [0, 0.1) is 0 Å². The Morgan fingerprint density at radius 2 is 2.29 bits per heavy atom. The third-order valence-corrected chi connectivity index (χ3v) is 0.798. The first-order chi connectivity index (χ1) is 3.39. The van der Waals surface area contributed by atoms with E-state index in [0.717, 1.165) is 5.01 Å². The minimum atomic E-state index is 0.608. The van der Waals surface area contributed by atoms with Gasteiger partial charge in [-0.25, -0.2) is 0 Å². The van der Waals surface area contributed by atoms with Crippen molar-refractivity contribution in [2.45, 2.75) is 0 Å². The van der Waals surface area contributed by atoms with E-state index in [0.29, 0.717) is 6.54 Å². The summed E-state index contributed by atoms with van der Waals surface area (Å²) in [6.45, 7) is 0.608. The summed E-state index contributed by atoms with van der Waals surface area (Å²) in [5.74, 6) is 8.60. The summed E-state index contributed by atoms with van der Waals surface area (Å²) < 4.78 is 0. The molecule has 0 aromatic heterocycles. The van der Waals surface area contributed by atoms with Crippen LogP contribution in [-0.4, -0.2) is 11.6 Å². The van der Waals surface area contributed by atoms with Crippen LogP contribution in [0.2, 0.25) is 0 Å². The highest BCUT2D eigenvalue weighted by molar-refractivity contribution is 5.06. The molecular weight excluding hydrogens is 88.1 g/mol. The number of allylic oxidation sites excluding steroid dienone is 2. The number of nitrogens with zero attached hydrogens (tertiary/aromatic N) is 2. The fraction of sp³-hybridized carbons (Fsp3) is 0.200. The maximum absolute atomic E-state index is 8.60. The van der Waals surface area contributed by atoms with Crippen LogP contribution >= 0.6 is 0 Å². The van der Waals surface area contributed by atoms with Gasteiger partial charge in [0.05, 0.1) is 6.54 Å². The molecule has 0 fully saturated rings. The maximum Gasteiger partial charge on any atom is 0.0554 e. The van der Waals surface area contributed by atoms with Crippen LogP contribution in [0.1, 0.15) is 0 Å². The fourth-order valence-corrected chi connectivity index (χ4v) is 0.457. The molecule has 7 heavy (non-hydrogen) atoms. The minimum absolute atomic E-state index is 0.608. The van der Waals surface area contributed by atoms with Gasteiger partial charge in [-0.05, 0) is 11.9 Å². The molecule has 0 N–H and O–H groups in total. The molecule has 0 atom stereocenters. The molecule has 36 valence electrons. The van der Waals surface area contributed by atoms with Crippen LogP contribution < -0.4 is 5.84 Å². The monoisotopic (exact) mass is 94.1 g/mol. The van der Waals surface area contributed by atoms with Gasteiger partial charge < -0.3 is 0 Å². The van der Waals surface area contributed by atoms with E-state index in [2.05, 4.69) is 0 Å². The molecule has 0 bridgehead atoms. The Hall–Kier alpha value is -0.760. The van der Waals surface area contributed by atoms with Crippen LogP contribution in [0.4, 0.5) is 0 Å². The molecule has 2 nitrogen and oxygen atoms in total. The fourth-order valence-electron chi connectivity index (χ4n) is 0.457. The van der Waals surface area contributed by atoms with Crippen molar-refractivity contribution in [3.05, 3.63) is 24.4 Å². The second-order valence-corrected chi connectivity index (χ2v) is 1.39. The predicted octanol–water partition coefficient (Wildman–Crippen LogP) is 0.356. The molecule has 2 heteroatoms. The lowest BCUT2D eigenvalue weighted by molar-refractivity contribution is 0.411. The first kappa shape index (κ1) is 4.40. The second kappa shape index (κ2) is 1.80. The van der Waals surface area contributed by atoms with Gasteiger partial charge >= 0.3 is 0 Å². The molecule has 0 saturated carbocycles. The van der Waals surface area contributed by atoms with Crippen molar-refractivity contribution in [2.24, 2.45) is 0 Å². The highest BCUT2D eigenvalue weighted by Gasteiger charge is 1.89. The lowest BCUT2D eigenvalue weighted by atomic mass is 10.4. The summed E-state index contributed by atoms with van der Waals surface area (Å²) in [5.41, 5.74) is 0. The van der Waals surface area contributed by atoms with Crippen molar-refractivity contribution >= 4 is 0 Å².